The van der Waals surface area contributed by atoms with Crippen LogP contribution in [0.1, 0.15) is 26.7 Å². The maximum atomic E-state index is 12.1. The number of hydrogen-bond donors (Lipinski definition) is 1. The van der Waals surface area contributed by atoms with Gasteiger partial charge in [-0.1, -0.05) is 0 Å². The number of hydrogen-bond acceptors (Lipinski definition) is 6. The Bertz CT molecular complexity index is 485. The van der Waals surface area contributed by atoms with Crippen LogP contribution in [0.3, 0.4) is 0 Å². The largest absolute Gasteiger partial charge is 0.523 e. The van der Waals surface area contributed by atoms with Gasteiger partial charge in [0.1, 0.15) is 0 Å². The van der Waals surface area contributed by atoms with Crippen LogP contribution in [0.4, 0.5) is 13.2 Å². The van der Waals surface area contributed by atoms with Gasteiger partial charge in [-0.15, -0.1) is 0 Å². The van der Waals surface area contributed by atoms with Crippen molar-refractivity contribution in [3.8, 4) is 0 Å². The van der Waals surface area contributed by atoms with Gasteiger partial charge < -0.3 is 14.6 Å². The van der Waals surface area contributed by atoms with Crippen LogP contribution in [0.25, 0.3) is 0 Å². The molecule has 7 nitrogen and oxygen atoms in total. The molecule has 0 unspecified atom stereocenters. The minimum Gasteiger partial charge on any atom is -0.481 e. The quantitative estimate of drug-likeness (QED) is 0.595. The van der Waals surface area contributed by atoms with Gasteiger partial charge in [-0.05, 0) is 13.8 Å². The van der Waals surface area contributed by atoms with E-state index in [0.29, 0.717) is 0 Å². The van der Waals surface area contributed by atoms with Crippen molar-refractivity contribution in [3.63, 3.8) is 0 Å². The van der Waals surface area contributed by atoms with Crippen molar-refractivity contribution >= 4 is 16.1 Å². The predicted molar refractivity (Wildman–Crippen MR) is 61.6 cm³/mol. The highest BCUT2D eigenvalue weighted by atomic mass is 32.2. The van der Waals surface area contributed by atoms with E-state index in [-0.39, 0.29) is 12.8 Å². The maximum Gasteiger partial charge on any atom is 0.523 e. The summed E-state index contributed by atoms with van der Waals surface area (Å²) in [5, 5.41) is 8.69. The lowest BCUT2D eigenvalue weighted by molar-refractivity contribution is -0.302. The highest BCUT2D eigenvalue weighted by molar-refractivity contribution is 7.87. The smallest absolute Gasteiger partial charge is 0.481 e. The van der Waals surface area contributed by atoms with Crippen LogP contribution in [0.15, 0.2) is 0 Å². The molecule has 1 N–H and O–H groups in total. The summed E-state index contributed by atoms with van der Waals surface area (Å²) in [6, 6.07) is 0. The second-order valence-corrected chi connectivity index (χ2v) is 6.50. The first-order valence-electron chi connectivity index (χ1n) is 5.85. The molecule has 0 spiro atoms. The zero-order valence-corrected chi connectivity index (χ0v) is 12.0. The van der Waals surface area contributed by atoms with E-state index in [1.165, 1.54) is 13.8 Å². The summed E-state index contributed by atoms with van der Waals surface area (Å²) in [5.74, 6) is -2.41. The summed E-state index contributed by atoms with van der Waals surface area (Å²) in [5.41, 5.74) is -5.52. The molecule has 21 heavy (non-hydrogen) atoms. The molecule has 0 radical (unpaired) electrons. The molecule has 1 fully saturated rings. The zero-order valence-electron chi connectivity index (χ0n) is 11.2. The lowest BCUT2D eigenvalue weighted by atomic mass is 10.1. The van der Waals surface area contributed by atoms with Crippen LogP contribution in [0.5, 0.6) is 0 Å². The van der Waals surface area contributed by atoms with Gasteiger partial charge in [-0.3, -0.25) is 8.98 Å². The average molecular weight is 336 g/mol. The summed E-state index contributed by atoms with van der Waals surface area (Å²) in [4.78, 5) is 10.6. The first-order valence-corrected chi connectivity index (χ1v) is 7.26. The van der Waals surface area contributed by atoms with E-state index < -0.39 is 46.2 Å². The molecular weight excluding hydrogens is 321 g/mol. The monoisotopic (exact) mass is 336 g/mol. The highest BCUT2D eigenvalue weighted by Gasteiger charge is 2.48. The molecule has 1 aliphatic heterocycles. The molecule has 0 aromatic carbocycles. The molecular formula is C10H15F3O7S. The third kappa shape index (κ3) is 5.41. The number of alkyl halides is 3. The third-order valence-corrected chi connectivity index (χ3v) is 3.53. The van der Waals surface area contributed by atoms with Gasteiger partial charge in [0.15, 0.2) is 5.79 Å². The van der Waals surface area contributed by atoms with Crippen molar-refractivity contribution in [2.24, 2.45) is 0 Å². The Hall–Kier alpha value is -0.910. The number of rotatable bonds is 5. The van der Waals surface area contributed by atoms with Crippen LogP contribution in [-0.2, 0) is 28.6 Å². The van der Waals surface area contributed by atoms with Crippen molar-refractivity contribution in [3.05, 3.63) is 0 Å². The highest BCUT2D eigenvalue weighted by Crippen LogP contribution is 2.30. The van der Waals surface area contributed by atoms with E-state index in [0.717, 1.165) is 0 Å². The molecule has 1 heterocycles. The lowest BCUT2D eigenvalue weighted by Gasteiger charge is -2.40. The van der Waals surface area contributed by atoms with Crippen LogP contribution in [0, 0.1) is 0 Å². The number of aliphatic carboxylic acids is 1. The van der Waals surface area contributed by atoms with Gasteiger partial charge in [0.2, 0.25) is 0 Å². The van der Waals surface area contributed by atoms with E-state index in [9.17, 15) is 26.4 Å². The summed E-state index contributed by atoms with van der Waals surface area (Å²) < 4.78 is 72.4. The van der Waals surface area contributed by atoms with Gasteiger partial charge >= 0.3 is 21.6 Å². The summed E-state index contributed by atoms with van der Waals surface area (Å²) in [6.07, 6.45) is -2.32. The standard InChI is InChI=1S/C10H15F3O7S/c1-9(2)19-6(4-8(14)15)3-7(20-9)5-18-21(16,17)10(11,12)13/h6-7H,3-5H2,1-2H3,(H,14,15)/t6-,7+/m1/s1. The Morgan fingerprint density at radius 2 is 1.86 bits per heavy atom. The molecule has 0 aliphatic carbocycles. The van der Waals surface area contributed by atoms with E-state index >= 15 is 0 Å². The van der Waals surface area contributed by atoms with E-state index in [1.807, 2.05) is 0 Å². The summed E-state index contributed by atoms with van der Waals surface area (Å²) in [6.45, 7) is 2.00. The van der Waals surface area contributed by atoms with Crippen molar-refractivity contribution < 1.29 is 45.1 Å². The minimum atomic E-state index is -5.71. The third-order valence-electron chi connectivity index (χ3n) is 2.52. The van der Waals surface area contributed by atoms with Crippen molar-refractivity contribution in [2.75, 3.05) is 6.61 Å². The zero-order chi connectivity index (χ0) is 16.5. The van der Waals surface area contributed by atoms with Crippen LogP contribution in [0.2, 0.25) is 0 Å². The number of carboxylic acids is 1. The first-order chi connectivity index (χ1) is 9.32. The van der Waals surface area contributed by atoms with Crippen molar-refractivity contribution in [1.82, 2.24) is 0 Å². The Balaban J connectivity index is 2.68. The fraction of sp³-hybridized carbons (Fsp3) is 0.900. The van der Waals surface area contributed by atoms with Gasteiger partial charge in [-0.25, -0.2) is 0 Å². The molecule has 0 amide bonds. The second kappa shape index (κ2) is 6.07. The van der Waals surface area contributed by atoms with Crippen LogP contribution < -0.4 is 0 Å². The Morgan fingerprint density at radius 3 is 2.33 bits per heavy atom. The Morgan fingerprint density at radius 1 is 1.33 bits per heavy atom. The van der Waals surface area contributed by atoms with Crippen LogP contribution in [-0.4, -0.2) is 49.6 Å². The molecule has 124 valence electrons. The van der Waals surface area contributed by atoms with Gasteiger partial charge in [0, 0.05) is 6.42 Å². The van der Waals surface area contributed by atoms with Gasteiger partial charge in [-0.2, -0.15) is 21.6 Å². The predicted octanol–water partition coefficient (Wildman–Crippen LogP) is 1.24. The lowest BCUT2D eigenvalue weighted by Crippen LogP contribution is -2.47. The molecule has 2 atom stereocenters. The molecule has 11 heteroatoms. The maximum absolute atomic E-state index is 12.1. The minimum absolute atomic E-state index is 0.0941. The summed E-state index contributed by atoms with van der Waals surface area (Å²) >= 11 is 0. The average Bonchev–Trinajstić information content (AvgIpc) is 2.21. The molecule has 0 bridgehead atoms. The molecule has 1 rings (SSSR count). The second-order valence-electron chi connectivity index (χ2n) is 4.90. The van der Waals surface area contributed by atoms with Crippen molar-refractivity contribution in [2.45, 2.75) is 50.2 Å². The number of carbonyl (C=O) groups is 1. The van der Waals surface area contributed by atoms with Crippen molar-refractivity contribution in [1.29, 1.82) is 0 Å². The molecule has 1 aliphatic rings. The Labute approximate surface area is 119 Å². The number of ether oxygens (including phenoxy) is 2. The topological polar surface area (TPSA) is 99.1 Å². The van der Waals surface area contributed by atoms with E-state index in [1.54, 1.807) is 0 Å². The molecule has 1 saturated heterocycles. The fourth-order valence-corrected chi connectivity index (χ4v) is 2.34. The van der Waals surface area contributed by atoms with Gasteiger partial charge in [0.25, 0.3) is 0 Å². The SMILES string of the molecule is CC1(C)O[C@H](COS(=O)(=O)C(F)(F)F)C[C@H](CC(=O)O)O1. The number of carboxylic acid groups (broad SMARTS) is 1. The molecule has 0 aromatic rings. The normalized spacial score (nSPS) is 26.5. The molecule has 0 aromatic heterocycles. The van der Waals surface area contributed by atoms with E-state index in [2.05, 4.69) is 4.18 Å². The summed E-state index contributed by atoms with van der Waals surface area (Å²) in [7, 11) is -5.71. The Kier molecular flexibility index (Phi) is 5.24. The fourth-order valence-electron chi connectivity index (χ4n) is 1.87. The first kappa shape index (κ1) is 18.1. The van der Waals surface area contributed by atoms with E-state index in [4.69, 9.17) is 14.6 Å². The van der Waals surface area contributed by atoms with Crippen LogP contribution >= 0.6 is 0 Å². The molecule has 0 saturated carbocycles. The number of halogens is 3. The van der Waals surface area contributed by atoms with Gasteiger partial charge in [0.05, 0.1) is 25.2 Å².